The number of nitrogen functional groups attached to an aromatic ring is 1. The van der Waals surface area contributed by atoms with Crippen LogP contribution in [0.25, 0.3) is 0 Å². The summed E-state index contributed by atoms with van der Waals surface area (Å²) in [6.07, 6.45) is 1.40. The van der Waals surface area contributed by atoms with Gasteiger partial charge >= 0.3 is 0 Å². The quantitative estimate of drug-likeness (QED) is 0.868. The third kappa shape index (κ3) is 2.49. The van der Waals surface area contributed by atoms with Gasteiger partial charge in [-0.2, -0.15) is 0 Å². The molecule has 0 fully saturated rings. The average Bonchev–Trinajstić information content (AvgIpc) is 2.35. The number of rotatable bonds is 3. The van der Waals surface area contributed by atoms with Crippen molar-refractivity contribution in [1.82, 2.24) is 4.98 Å². The first-order valence-corrected chi connectivity index (χ1v) is 5.64. The van der Waals surface area contributed by atoms with Gasteiger partial charge in [0.1, 0.15) is 11.6 Å². The van der Waals surface area contributed by atoms with E-state index in [-0.39, 0.29) is 34.2 Å². The maximum absolute atomic E-state index is 13.6. The Hall–Kier alpha value is -1.94. The van der Waals surface area contributed by atoms with Gasteiger partial charge in [-0.1, -0.05) is 23.7 Å². The van der Waals surface area contributed by atoms with Crippen molar-refractivity contribution in [3.05, 3.63) is 58.5 Å². The Labute approximate surface area is 108 Å². The first kappa shape index (κ1) is 12.5. The molecule has 0 atom stereocenters. The molecule has 0 amide bonds. The molecule has 0 saturated heterocycles. The number of halogens is 2. The number of nitrogens with zero attached hydrogens (tertiary/aromatic N) is 1. The Kier molecular flexibility index (Phi) is 3.58. The van der Waals surface area contributed by atoms with Gasteiger partial charge in [-0.15, -0.1) is 0 Å². The molecule has 2 N–H and O–H groups in total. The van der Waals surface area contributed by atoms with E-state index in [1.165, 1.54) is 18.3 Å². The molecular weight excluding hydrogens is 255 g/mol. The zero-order chi connectivity index (χ0) is 13.1. The first-order valence-electron chi connectivity index (χ1n) is 5.26. The summed E-state index contributed by atoms with van der Waals surface area (Å²) in [6, 6.07) is 7.72. The Morgan fingerprint density at radius 3 is 2.83 bits per heavy atom. The summed E-state index contributed by atoms with van der Waals surface area (Å²) < 4.78 is 13.6. The molecule has 2 aromatic rings. The summed E-state index contributed by atoms with van der Waals surface area (Å²) in [5.74, 6) is -0.721. The lowest BCUT2D eigenvalue weighted by Gasteiger charge is -2.05. The third-order valence-corrected chi connectivity index (χ3v) is 2.81. The molecule has 0 aliphatic carbocycles. The SMILES string of the molecule is Nc1ncccc1C(=O)Cc1cccc(Cl)c1F. The number of aromatic nitrogens is 1. The fraction of sp³-hybridized carbons (Fsp3) is 0.0769. The van der Waals surface area contributed by atoms with Gasteiger partial charge < -0.3 is 5.73 Å². The fourth-order valence-corrected chi connectivity index (χ4v) is 1.80. The van der Waals surface area contributed by atoms with Gasteiger partial charge in [-0.25, -0.2) is 9.37 Å². The minimum absolute atomic E-state index is 0.000501. The van der Waals surface area contributed by atoms with Gasteiger partial charge in [0.2, 0.25) is 0 Å². The molecule has 0 spiro atoms. The highest BCUT2D eigenvalue weighted by atomic mass is 35.5. The summed E-state index contributed by atoms with van der Waals surface area (Å²) in [5.41, 5.74) is 6.13. The maximum Gasteiger partial charge on any atom is 0.171 e. The van der Waals surface area contributed by atoms with Gasteiger partial charge in [0, 0.05) is 12.6 Å². The Bertz CT molecular complexity index is 601. The highest BCUT2D eigenvalue weighted by Crippen LogP contribution is 2.20. The second-order valence-electron chi connectivity index (χ2n) is 3.75. The molecule has 0 aliphatic rings. The lowest BCUT2D eigenvalue weighted by molar-refractivity contribution is 0.0992. The smallest absolute Gasteiger partial charge is 0.171 e. The second-order valence-corrected chi connectivity index (χ2v) is 4.16. The number of nitrogens with two attached hydrogens (primary N) is 1. The number of Topliss-reactive ketones (excluding diaryl/α,β-unsaturated/α-hetero) is 1. The van der Waals surface area contributed by atoms with Crippen molar-refractivity contribution in [2.24, 2.45) is 0 Å². The number of hydrogen-bond acceptors (Lipinski definition) is 3. The Morgan fingerprint density at radius 1 is 1.33 bits per heavy atom. The van der Waals surface area contributed by atoms with E-state index in [0.717, 1.165) is 0 Å². The van der Waals surface area contributed by atoms with Gasteiger partial charge in [0.25, 0.3) is 0 Å². The van der Waals surface area contributed by atoms with E-state index in [4.69, 9.17) is 17.3 Å². The van der Waals surface area contributed by atoms with Crippen LogP contribution in [0, 0.1) is 5.82 Å². The Morgan fingerprint density at radius 2 is 2.11 bits per heavy atom. The van der Waals surface area contributed by atoms with E-state index in [0.29, 0.717) is 0 Å². The first-order chi connectivity index (χ1) is 8.59. The van der Waals surface area contributed by atoms with Crippen LogP contribution in [0.3, 0.4) is 0 Å². The largest absolute Gasteiger partial charge is 0.383 e. The number of benzene rings is 1. The zero-order valence-corrected chi connectivity index (χ0v) is 10.1. The van der Waals surface area contributed by atoms with E-state index in [1.54, 1.807) is 18.2 Å². The van der Waals surface area contributed by atoms with Crippen LogP contribution < -0.4 is 5.73 Å². The van der Waals surface area contributed by atoms with Crippen molar-refractivity contribution in [2.45, 2.75) is 6.42 Å². The number of hydrogen-bond donors (Lipinski definition) is 1. The van der Waals surface area contributed by atoms with Crippen molar-refractivity contribution in [3.63, 3.8) is 0 Å². The summed E-state index contributed by atoms with van der Waals surface area (Å²) in [7, 11) is 0. The van der Waals surface area contributed by atoms with Crippen molar-refractivity contribution in [3.8, 4) is 0 Å². The topological polar surface area (TPSA) is 56.0 Å². The third-order valence-electron chi connectivity index (χ3n) is 2.52. The summed E-state index contributed by atoms with van der Waals surface area (Å²) >= 11 is 5.65. The predicted octanol–water partition coefficient (Wildman–Crippen LogP) is 2.88. The van der Waals surface area contributed by atoms with E-state index in [9.17, 15) is 9.18 Å². The maximum atomic E-state index is 13.6. The number of carbonyl (C=O) groups is 1. The van der Waals surface area contributed by atoms with Gasteiger partial charge in [-0.3, -0.25) is 4.79 Å². The molecule has 1 aromatic heterocycles. The summed E-state index contributed by atoms with van der Waals surface area (Å²) in [6.45, 7) is 0. The molecule has 1 aromatic carbocycles. The normalized spacial score (nSPS) is 10.3. The molecule has 0 radical (unpaired) electrons. The molecule has 1 heterocycles. The number of carbonyl (C=O) groups excluding carboxylic acids is 1. The van der Waals surface area contributed by atoms with E-state index < -0.39 is 5.82 Å². The molecule has 0 unspecified atom stereocenters. The van der Waals surface area contributed by atoms with Crippen LogP contribution in [0.1, 0.15) is 15.9 Å². The molecule has 2 rings (SSSR count). The van der Waals surface area contributed by atoms with E-state index >= 15 is 0 Å². The fourth-order valence-electron chi connectivity index (χ4n) is 1.61. The van der Waals surface area contributed by atoms with Crippen molar-refractivity contribution >= 4 is 23.2 Å². The molecule has 92 valence electrons. The van der Waals surface area contributed by atoms with Gasteiger partial charge in [-0.05, 0) is 23.8 Å². The van der Waals surface area contributed by atoms with Gasteiger partial charge in [0.15, 0.2) is 5.78 Å². The number of anilines is 1. The minimum Gasteiger partial charge on any atom is -0.383 e. The molecule has 0 saturated carbocycles. The van der Waals surface area contributed by atoms with Crippen LogP contribution in [0.5, 0.6) is 0 Å². The lowest BCUT2D eigenvalue weighted by atomic mass is 10.0. The lowest BCUT2D eigenvalue weighted by Crippen LogP contribution is -2.09. The van der Waals surface area contributed by atoms with Crippen molar-refractivity contribution in [1.29, 1.82) is 0 Å². The number of ketones is 1. The van der Waals surface area contributed by atoms with Crippen LogP contribution in [0.2, 0.25) is 5.02 Å². The van der Waals surface area contributed by atoms with Crippen LogP contribution >= 0.6 is 11.6 Å². The van der Waals surface area contributed by atoms with Crippen molar-refractivity contribution in [2.75, 3.05) is 5.73 Å². The predicted molar refractivity (Wildman–Crippen MR) is 68.1 cm³/mol. The molecule has 0 aliphatic heterocycles. The summed E-state index contributed by atoms with van der Waals surface area (Å²) in [5, 5.41) is -0.000501. The van der Waals surface area contributed by atoms with Crippen LogP contribution in [-0.2, 0) is 6.42 Å². The molecular formula is C13H10ClFN2O. The van der Waals surface area contributed by atoms with Crippen LogP contribution in [-0.4, -0.2) is 10.8 Å². The van der Waals surface area contributed by atoms with E-state index in [2.05, 4.69) is 4.98 Å². The summed E-state index contributed by atoms with van der Waals surface area (Å²) in [4.78, 5) is 15.8. The molecule has 18 heavy (non-hydrogen) atoms. The van der Waals surface area contributed by atoms with Crippen LogP contribution in [0.4, 0.5) is 10.2 Å². The highest BCUT2D eigenvalue weighted by molar-refractivity contribution is 6.30. The average molecular weight is 265 g/mol. The van der Waals surface area contributed by atoms with Gasteiger partial charge in [0.05, 0.1) is 10.6 Å². The monoisotopic (exact) mass is 264 g/mol. The second kappa shape index (κ2) is 5.14. The Balaban J connectivity index is 2.27. The number of pyridine rings is 1. The van der Waals surface area contributed by atoms with Crippen LogP contribution in [0.15, 0.2) is 36.5 Å². The van der Waals surface area contributed by atoms with E-state index in [1.807, 2.05) is 0 Å². The molecule has 3 nitrogen and oxygen atoms in total. The standard InChI is InChI=1S/C13H10ClFN2O/c14-10-5-1-3-8(12(10)15)7-11(18)9-4-2-6-17-13(9)16/h1-6H,7H2,(H2,16,17). The molecule has 0 bridgehead atoms. The zero-order valence-electron chi connectivity index (χ0n) is 9.36. The highest BCUT2D eigenvalue weighted by Gasteiger charge is 2.14. The van der Waals surface area contributed by atoms with Crippen molar-refractivity contribution < 1.29 is 9.18 Å². The molecule has 5 heteroatoms. The minimum atomic E-state index is -0.574.